The van der Waals surface area contributed by atoms with E-state index >= 15 is 0 Å². The molecule has 3 saturated heterocycles. The summed E-state index contributed by atoms with van der Waals surface area (Å²) in [5.74, 6) is 3.12. The first-order valence-electron chi connectivity index (χ1n) is 12.6. The van der Waals surface area contributed by atoms with Crippen LogP contribution in [0.2, 0.25) is 0 Å². The van der Waals surface area contributed by atoms with Crippen molar-refractivity contribution in [3.8, 4) is 5.75 Å². The fraction of sp³-hybridized carbons (Fsp3) is 0.600. The number of ether oxygens (including phenoxy) is 1. The average molecular weight is 499 g/mol. The second-order valence-corrected chi connectivity index (χ2v) is 13.0. The molecule has 4 aliphatic heterocycles. The first kappa shape index (κ1) is 23.0. The van der Waals surface area contributed by atoms with Gasteiger partial charge in [0.25, 0.3) is 0 Å². The van der Waals surface area contributed by atoms with Gasteiger partial charge in [0.05, 0.1) is 22.8 Å². The molecule has 5 heterocycles. The Morgan fingerprint density at radius 3 is 2.66 bits per heavy atom. The van der Waals surface area contributed by atoms with E-state index in [-0.39, 0.29) is 23.1 Å². The third-order valence-corrected chi connectivity index (χ3v) is 9.83. The molecule has 3 fully saturated rings. The molecule has 9 nitrogen and oxygen atoms in total. The molecule has 2 atom stereocenters. The van der Waals surface area contributed by atoms with Crippen molar-refractivity contribution in [2.75, 3.05) is 61.0 Å². The van der Waals surface area contributed by atoms with Crippen molar-refractivity contribution >= 4 is 27.2 Å². The summed E-state index contributed by atoms with van der Waals surface area (Å²) in [7, 11) is -2.98. The lowest BCUT2D eigenvalue weighted by Gasteiger charge is -2.49. The van der Waals surface area contributed by atoms with Crippen LogP contribution in [0.5, 0.6) is 5.75 Å². The number of rotatable bonds is 3. The molecule has 2 aromatic rings. The highest BCUT2D eigenvalue weighted by molar-refractivity contribution is 7.91. The van der Waals surface area contributed by atoms with Crippen LogP contribution in [0, 0.1) is 6.92 Å². The van der Waals surface area contributed by atoms with E-state index in [4.69, 9.17) is 4.74 Å². The van der Waals surface area contributed by atoms with Crippen LogP contribution >= 0.6 is 0 Å². The first-order chi connectivity index (χ1) is 16.7. The quantitative estimate of drug-likeness (QED) is 0.661. The lowest BCUT2D eigenvalue weighted by molar-refractivity contribution is 0.0357. The molecule has 0 spiro atoms. The van der Waals surface area contributed by atoms with Crippen LogP contribution in [-0.4, -0.2) is 79.6 Å². The monoisotopic (exact) mass is 498 g/mol. The molecule has 35 heavy (non-hydrogen) atoms. The van der Waals surface area contributed by atoms with Gasteiger partial charge in [0, 0.05) is 44.2 Å². The summed E-state index contributed by atoms with van der Waals surface area (Å²) in [6.07, 6.45) is 2.49. The normalized spacial score (nSPS) is 28.3. The number of nitrogens with zero attached hydrogens (tertiary/aromatic N) is 4. The zero-order valence-electron chi connectivity index (χ0n) is 20.7. The Kier molecular flexibility index (Phi) is 5.46. The Labute approximate surface area is 207 Å². The van der Waals surface area contributed by atoms with Gasteiger partial charge in [0.2, 0.25) is 0 Å². The van der Waals surface area contributed by atoms with Crippen molar-refractivity contribution < 1.29 is 13.2 Å². The van der Waals surface area contributed by atoms with E-state index in [0.29, 0.717) is 19.0 Å². The first-order valence-corrected chi connectivity index (χ1v) is 14.4. The number of nitrogens with one attached hydrogen (secondary N) is 2. The van der Waals surface area contributed by atoms with Gasteiger partial charge < -0.3 is 20.3 Å². The molecular weight excluding hydrogens is 464 g/mol. The molecule has 188 valence electrons. The maximum atomic E-state index is 11.9. The van der Waals surface area contributed by atoms with Gasteiger partial charge in [-0.15, -0.1) is 0 Å². The molecular formula is C25H34N6O3S. The lowest BCUT2D eigenvalue weighted by atomic mass is 9.84. The van der Waals surface area contributed by atoms with Crippen LogP contribution < -0.4 is 20.3 Å². The van der Waals surface area contributed by atoms with Crippen molar-refractivity contribution in [2.24, 2.45) is 0 Å². The molecule has 4 aliphatic rings. The predicted molar refractivity (Wildman–Crippen MR) is 137 cm³/mol. The van der Waals surface area contributed by atoms with Gasteiger partial charge >= 0.3 is 0 Å². The molecule has 6 rings (SSSR count). The van der Waals surface area contributed by atoms with Crippen LogP contribution in [0.15, 0.2) is 18.5 Å². The second-order valence-electron chi connectivity index (χ2n) is 10.7. The number of aryl methyl sites for hydroxylation is 1. The van der Waals surface area contributed by atoms with Gasteiger partial charge in [0.15, 0.2) is 9.84 Å². The standard InChI is InChI=1S/C25H34N6O3S/c1-16-10-18(19-12-31(13-19)25(3)4-5-26-14-25)11-20-22(16)34-17(2)21-23(29-20)27-15-28-24(21)30-6-8-35(32,33)9-7-30/h10-11,15,17,19,26H,4-9,12-14H2,1-3H3,(H,27,28,29)/t17-,25?/m1/s1. The van der Waals surface area contributed by atoms with Gasteiger partial charge in [-0.3, -0.25) is 4.90 Å². The van der Waals surface area contributed by atoms with E-state index in [0.717, 1.165) is 60.4 Å². The van der Waals surface area contributed by atoms with Crippen molar-refractivity contribution in [3.63, 3.8) is 0 Å². The lowest BCUT2D eigenvalue weighted by Crippen LogP contribution is -2.58. The van der Waals surface area contributed by atoms with Gasteiger partial charge in [-0.2, -0.15) is 0 Å². The maximum absolute atomic E-state index is 11.9. The predicted octanol–water partition coefficient (Wildman–Crippen LogP) is 2.37. The Morgan fingerprint density at radius 2 is 1.94 bits per heavy atom. The summed E-state index contributed by atoms with van der Waals surface area (Å²) < 4.78 is 30.4. The van der Waals surface area contributed by atoms with E-state index in [2.05, 4.69) is 51.5 Å². The maximum Gasteiger partial charge on any atom is 0.153 e. The summed E-state index contributed by atoms with van der Waals surface area (Å²) >= 11 is 0. The van der Waals surface area contributed by atoms with Crippen molar-refractivity contribution in [2.45, 2.75) is 44.8 Å². The Morgan fingerprint density at radius 1 is 1.17 bits per heavy atom. The van der Waals surface area contributed by atoms with Crippen LogP contribution in [0.1, 0.15) is 49.0 Å². The second kappa shape index (κ2) is 8.31. The van der Waals surface area contributed by atoms with Gasteiger partial charge in [-0.25, -0.2) is 18.4 Å². The SMILES string of the molecule is Cc1cc(C2CN(C3(C)CCNC3)C2)cc2c1O[C@H](C)c1c(ncnc1N1CCS(=O)(=O)CC1)N2. The minimum atomic E-state index is -2.98. The number of sulfone groups is 1. The van der Waals surface area contributed by atoms with E-state index in [1.165, 1.54) is 12.0 Å². The molecule has 0 radical (unpaired) electrons. The number of hydrogen-bond acceptors (Lipinski definition) is 9. The highest BCUT2D eigenvalue weighted by Crippen LogP contribution is 2.45. The number of anilines is 3. The van der Waals surface area contributed by atoms with Crippen LogP contribution in [0.3, 0.4) is 0 Å². The van der Waals surface area contributed by atoms with E-state index in [9.17, 15) is 8.42 Å². The third kappa shape index (κ3) is 4.05. The van der Waals surface area contributed by atoms with Gasteiger partial charge in [0.1, 0.15) is 29.8 Å². The van der Waals surface area contributed by atoms with Crippen molar-refractivity contribution in [1.29, 1.82) is 0 Å². The molecule has 1 aromatic carbocycles. The zero-order chi connectivity index (χ0) is 24.4. The molecule has 0 aliphatic carbocycles. The molecule has 2 N–H and O–H groups in total. The zero-order valence-corrected chi connectivity index (χ0v) is 21.5. The number of fused-ring (bicyclic) bond motifs is 2. The fourth-order valence-electron chi connectivity index (χ4n) is 5.89. The van der Waals surface area contributed by atoms with Crippen molar-refractivity contribution in [1.82, 2.24) is 20.2 Å². The minimum absolute atomic E-state index is 0.144. The highest BCUT2D eigenvalue weighted by atomic mass is 32.2. The summed E-state index contributed by atoms with van der Waals surface area (Å²) in [6.45, 7) is 11.7. The largest absolute Gasteiger partial charge is 0.483 e. The average Bonchev–Trinajstić information content (AvgIpc) is 3.15. The summed E-state index contributed by atoms with van der Waals surface area (Å²) in [5.41, 5.74) is 4.52. The summed E-state index contributed by atoms with van der Waals surface area (Å²) in [4.78, 5) is 13.8. The van der Waals surface area contributed by atoms with Crippen LogP contribution in [0.4, 0.5) is 17.3 Å². The fourth-order valence-corrected chi connectivity index (χ4v) is 7.09. The Balaban J connectivity index is 1.27. The number of hydrogen-bond donors (Lipinski definition) is 2. The number of aromatic nitrogens is 2. The smallest absolute Gasteiger partial charge is 0.153 e. The molecule has 10 heteroatoms. The van der Waals surface area contributed by atoms with E-state index in [1.807, 2.05) is 11.8 Å². The number of benzene rings is 1. The van der Waals surface area contributed by atoms with Crippen LogP contribution in [0.25, 0.3) is 0 Å². The highest BCUT2D eigenvalue weighted by Gasteiger charge is 2.42. The topological polar surface area (TPSA) is 99.7 Å². The van der Waals surface area contributed by atoms with E-state index < -0.39 is 9.84 Å². The minimum Gasteiger partial charge on any atom is -0.483 e. The molecule has 0 saturated carbocycles. The summed E-state index contributed by atoms with van der Waals surface area (Å²) in [5, 5.41) is 7.05. The Hall–Kier alpha value is -2.43. The molecule has 0 bridgehead atoms. The van der Waals surface area contributed by atoms with Crippen LogP contribution in [-0.2, 0) is 9.84 Å². The van der Waals surface area contributed by atoms with Gasteiger partial charge in [-0.1, -0.05) is 6.07 Å². The molecule has 1 unspecified atom stereocenters. The molecule has 0 amide bonds. The number of likely N-dealkylation sites (tertiary alicyclic amines) is 1. The Bertz CT molecular complexity index is 1240. The summed E-state index contributed by atoms with van der Waals surface area (Å²) in [6, 6.07) is 4.49. The third-order valence-electron chi connectivity index (χ3n) is 8.22. The van der Waals surface area contributed by atoms with Gasteiger partial charge in [-0.05, 0) is 50.9 Å². The molecule has 1 aromatic heterocycles. The van der Waals surface area contributed by atoms with E-state index in [1.54, 1.807) is 6.33 Å². The van der Waals surface area contributed by atoms with Crippen molar-refractivity contribution in [3.05, 3.63) is 35.2 Å².